The average molecular weight is 476 g/mol. The van der Waals surface area contributed by atoms with Gasteiger partial charge >= 0.3 is 0 Å². The highest BCUT2D eigenvalue weighted by Crippen LogP contribution is 2.33. The predicted molar refractivity (Wildman–Crippen MR) is 115 cm³/mol. The quantitative estimate of drug-likeness (QED) is 0.337. The third-order valence-corrected chi connectivity index (χ3v) is 5.46. The van der Waals surface area contributed by atoms with Crippen LogP contribution in [0.25, 0.3) is 21.8 Å². The minimum Gasteiger partial charge on any atom is -0.382 e. The summed E-state index contributed by atoms with van der Waals surface area (Å²) in [5.74, 6) is 0. The molecule has 1 aromatic heterocycles. The van der Waals surface area contributed by atoms with Gasteiger partial charge < -0.3 is 9.88 Å². The number of nitrogens with one attached hydrogen (secondary N) is 1. The number of nitrogens with zero attached hydrogens (tertiary/aromatic N) is 1. The summed E-state index contributed by atoms with van der Waals surface area (Å²) in [6.07, 6.45) is -0.999. The summed E-state index contributed by atoms with van der Waals surface area (Å²) in [4.78, 5) is 0. The van der Waals surface area contributed by atoms with Crippen molar-refractivity contribution in [3.63, 3.8) is 0 Å². The van der Waals surface area contributed by atoms with E-state index in [1.54, 1.807) is 0 Å². The minimum absolute atomic E-state index is 0.276. The second-order valence-electron chi connectivity index (χ2n) is 6.28. The predicted octanol–water partition coefficient (Wildman–Crippen LogP) is 6.77. The van der Waals surface area contributed by atoms with Crippen molar-refractivity contribution < 1.29 is 4.39 Å². The van der Waals surface area contributed by atoms with Gasteiger partial charge in [-0.2, -0.15) is 0 Å². The van der Waals surface area contributed by atoms with Crippen LogP contribution in [-0.4, -0.2) is 17.3 Å². The Kier molecular flexibility index (Phi) is 5.00. The van der Waals surface area contributed by atoms with Crippen molar-refractivity contribution in [3.8, 4) is 0 Å². The number of anilines is 1. The largest absolute Gasteiger partial charge is 0.382 e. The van der Waals surface area contributed by atoms with Gasteiger partial charge in [-0.15, -0.1) is 0 Å². The number of halogens is 3. The zero-order valence-corrected chi connectivity index (χ0v) is 17.1. The van der Waals surface area contributed by atoms with Gasteiger partial charge in [-0.3, -0.25) is 0 Å². The Morgan fingerprint density at radius 3 is 2.00 bits per heavy atom. The van der Waals surface area contributed by atoms with Crippen molar-refractivity contribution in [3.05, 3.63) is 75.7 Å². The van der Waals surface area contributed by atoms with E-state index >= 15 is 0 Å². The fourth-order valence-electron chi connectivity index (χ4n) is 3.29. The van der Waals surface area contributed by atoms with Crippen molar-refractivity contribution >= 4 is 59.4 Å². The molecule has 3 aromatic carbocycles. The first-order valence-corrected chi connectivity index (χ1v) is 10.0. The van der Waals surface area contributed by atoms with Crippen molar-refractivity contribution in [2.75, 3.05) is 11.9 Å². The van der Waals surface area contributed by atoms with Crippen LogP contribution < -0.4 is 5.32 Å². The average Bonchev–Trinajstić information content (AvgIpc) is 2.93. The van der Waals surface area contributed by atoms with E-state index in [2.05, 4.69) is 53.9 Å². The number of alkyl halides is 1. The number of para-hydroxylation sites is 1. The second-order valence-corrected chi connectivity index (χ2v) is 8.11. The van der Waals surface area contributed by atoms with E-state index in [1.807, 2.05) is 54.6 Å². The number of rotatable bonds is 5. The summed E-state index contributed by atoms with van der Waals surface area (Å²) in [6, 6.07) is 22.0. The minimum atomic E-state index is -0.999. The fraction of sp³-hybridized carbons (Fsp3) is 0.143. The van der Waals surface area contributed by atoms with Crippen LogP contribution in [0.5, 0.6) is 0 Å². The Bertz CT molecular complexity index is 1000. The van der Waals surface area contributed by atoms with Crippen LogP contribution in [0.15, 0.2) is 75.7 Å². The van der Waals surface area contributed by atoms with Crippen LogP contribution in [-0.2, 0) is 6.54 Å². The lowest BCUT2D eigenvalue weighted by Crippen LogP contribution is -2.21. The Labute approximate surface area is 168 Å². The summed E-state index contributed by atoms with van der Waals surface area (Å²) < 4.78 is 18.9. The van der Waals surface area contributed by atoms with Gasteiger partial charge in [-0.25, -0.2) is 4.39 Å². The summed E-state index contributed by atoms with van der Waals surface area (Å²) in [6.45, 7) is 0.585. The maximum atomic E-state index is 14.8. The first kappa shape index (κ1) is 17.6. The molecule has 1 heterocycles. The molecule has 0 saturated carbocycles. The molecule has 0 aliphatic heterocycles. The molecule has 4 aromatic rings. The summed E-state index contributed by atoms with van der Waals surface area (Å²) in [5.41, 5.74) is 3.03. The molecule has 0 fully saturated rings. The zero-order valence-electron chi connectivity index (χ0n) is 13.9. The molecule has 2 nitrogen and oxygen atoms in total. The number of hydrogen-bond acceptors (Lipinski definition) is 1. The lowest BCUT2D eigenvalue weighted by molar-refractivity contribution is 0.316. The van der Waals surface area contributed by atoms with Crippen LogP contribution in [0, 0.1) is 0 Å². The Hall–Kier alpha value is -1.85. The van der Waals surface area contributed by atoms with Crippen LogP contribution in [0.1, 0.15) is 0 Å². The van der Waals surface area contributed by atoms with Crippen LogP contribution >= 0.6 is 31.9 Å². The number of fused-ring (bicyclic) bond motifs is 3. The van der Waals surface area contributed by atoms with Gasteiger partial charge in [-0.1, -0.05) is 50.1 Å². The molecule has 0 bridgehead atoms. The van der Waals surface area contributed by atoms with Gasteiger partial charge in [0.1, 0.15) is 6.17 Å². The van der Waals surface area contributed by atoms with Gasteiger partial charge in [0.05, 0.1) is 6.54 Å². The summed E-state index contributed by atoms with van der Waals surface area (Å²) in [7, 11) is 0. The molecule has 4 rings (SSSR count). The van der Waals surface area contributed by atoms with E-state index < -0.39 is 6.17 Å². The molecular weight excluding hydrogens is 459 g/mol. The molecule has 0 aliphatic carbocycles. The number of hydrogen-bond donors (Lipinski definition) is 1. The first-order chi connectivity index (χ1) is 12.6. The van der Waals surface area contributed by atoms with E-state index in [1.165, 1.54) is 0 Å². The lowest BCUT2D eigenvalue weighted by Gasteiger charge is -2.14. The topological polar surface area (TPSA) is 17.0 Å². The van der Waals surface area contributed by atoms with Crippen molar-refractivity contribution in [2.24, 2.45) is 0 Å². The summed E-state index contributed by atoms with van der Waals surface area (Å²) in [5, 5.41) is 5.42. The monoisotopic (exact) mass is 474 g/mol. The van der Waals surface area contributed by atoms with Crippen LogP contribution in [0.4, 0.5) is 10.1 Å². The van der Waals surface area contributed by atoms with E-state index in [4.69, 9.17) is 0 Å². The highest BCUT2D eigenvalue weighted by Gasteiger charge is 2.15. The highest BCUT2D eigenvalue weighted by molar-refractivity contribution is 9.10. The van der Waals surface area contributed by atoms with Gasteiger partial charge in [0.15, 0.2) is 0 Å². The van der Waals surface area contributed by atoms with Gasteiger partial charge in [0, 0.05) is 43.0 Å². The molecule has 132 valence electrons. The fourth-order valence-corrected chi connectivity index (χ4v) is 4.01. The number of benzene rings is 3. The smallest absolute Gasteiger partial charge is 0.135 e. The Morgan fingerprint density at radius 2 is 1.42 bits per heavy atom. The standard InChI is InChI=1S/C21H17Br2FN2/c22-14-6-8-20-18(10-14)19-11-15(23)7-9-21(19)26(20)13-16(24)12-25-17-4-2-1-3-5-17/h1-11,16,25H,12-13H2. The molecule has 5 heteroatoms. The first-order valence-electron chi connectivity index (χ1n) is 8.42. The molecule has 0 spiro atoms. The van der Waals surface area contributed by atoms with Crippen molar-refractivity contribution in [1.29, 1.82) is 0 Å². The Balaban J connectivity index is 1.66. The van der Waals surface area contributed by atoms with Crippen LogP contribution in [0.3, 0.4) is 0 Å². The van der Waals surface area contributed by atoms with Crippen molar-refractivity contribution in [1.82, 2.24) is 4.57 Å². The molecule has 0 aliphatic rings. The Morgan fingerprint density at radius 1 is 0.846 bits per heavy atom. The molecule has 1 atom stereocenters. The third-order valence-electron chi connectivity index (χ3n) is 4.47. The molecular formula is C21H17Br2FN2. The zero-order chi connectivity index (χ0) is 18.1. The van der Waals surface area contributed by atoms with Crippen molar-refractivity contribution in [2.45, 2.75) is 12.7 Å². The second kappa shape index (κ2) is 7.41. The third kappa shape index (κ3) is 3.51. The normalized spacial score (nSPS) is 12.6. The molecule has 0 amide bonds. The van der Waals surface area contributed by atoms with E-state index in [-0.39, 0.29) is 6.54 Å². The molecule has 1 unspecified atom stereocenters. The SMILES string of the molecule is FC(CNc1ccccc1)Cn1c2ccc(Br)cc2c2cc(Br)ccc21. The van der Waals surface area contributed by atoms with E-state index in [0.717, 1.165) is 36.4 Å². The van der Waals surface area contributed by atoms with Crippen LogP contribution in [0.2, 0.25) is 0 Å². The number of aromatic nitrogens is 1. The van der Waals surface area contributed by atoms with Gasteiger partial charge in [-0.05, 0) is 48.5 Å². The van der Waals surface area contributed by atoms with Gasteiger partial charge in [0.2, 0.25) is 0 Å². The van der Waals surface area contributed by atoms with E-state index in [0.29, 0.717) is 6.54 Å². The molecule has 0 radical (unpaired) electrons. The maximum absolute atomic E-state index is 14.8. The summed E-state index contributed by atoms with van der Waals surface area (Å²) >= 11 is 7.08. The maximum Gasteiger partial charge on any atom is 0.135 e. The molecule has 0 saturated heterocycles. The van der Waals surface area contributed by atoms with E-state index in [9.17, 15) is 4.39 Å². The van der Waals surface area contributed by atoms with Gasteiger partial charge in [0.25, 0.3) is 0 Å². The highest BCUT2D eigenvalue weighted by atomic mass is 79.9. The molecule has 26 heavy (non-hydrogen) atoms. The molecule has 1 N–H and O–H groups in total. The lowest BCUT2D eigenvalue weighted by atomic mass is 10.2.